The van der Waals surface area contributed by atoms with Gasteiger partial charge in [0.15, 0.2) is 0 Å². The minimum Gasteiger partial charge on any atom is -0.273 e. The van der Waals surface area contributed by atoms with Crippen LogP contribution < -0.4 is 5.43 Å². The fraction of sp³-hybridized carbons (Fsp3) is 0.333. The molecule has 0 aromatic heterocycles. The van der Waals surface area contributed by atoms with Crippen molar-refractivity contribution >= 4 is 12.1 Å². The number of carbonyl (C=O) groups is 1. The van der Waals surface area contributed by atoms with E-state index in [4.69, 9.17) is 0 Å². The van der Waals surface area contributed by atoms with Crippen molar-refractivity contribution < 1.29 is 4.79 Å². The van der Waals surface area contributed by atoms with E-state index in [1.54, 1.807) is 6.21 Å². The molecule has 0 heterocycles. The van der Waals surface area contributed by atoms with Gasteiger partial charge >= 0.3 is 0 Å². The molecule has 0 unspecified atom stereocenters. The van der Waals surface area contributed by atoms with Gasteiger partial charge in [-0.3, -0.25) is 4.79 Å². The van der Waals surface area contributed by atoms with Crippen molar-refractivity contribution in [2.75, 3.05) is 0 Å². The highest BCUT2D eigenvalue weighted by molar-refractivity contribution is 5.82. The highest BCUT2D eigenvalue weighted by atomic mass is 16.2. The van der Waals surface area contributed by atoms with Gasteiger partial charge in [0.1, 0.15) is 0 Å². The Morgan fingerprint density at radius 2 is 2.13 bits per heavy atom. The summed E-state index contributed by atoms with van der Waals surface area (Å²) in [4.78, 5) is 11.2. The molecule has 0 radical (unpaired) electrons. The Hall–Kier alpha value is -1.64. The average molecular weight is 204 g/mol. The number of amides is 1. The van der Waals surface area contributed by atoms with E-state index in [1.807, 2.05) is 30.3 Å². The lowest BCUT2D eigenvalue weighted by atomic mass is 10.2. The van der Waals surface area contributed by atoms with Crippen LogP contribution in [0.15, 0.2) is 35.4 Å². The fourth-order valence-electron chi connectivity index (χ4n) is 1.11. The van der Waals surface area contributed by atoms with Crippen LogP contribution in [0.25, 0.3) is 0 Å². The molecule has 0 saturated heterocycles. The second-order valence-corrected chi connectivity index (χ2v) is 3.31. The molecule has 15 heavy (non-hydrogen) atoms. The zero-order valence-corrected chi connectivity index (χ0v) is 8.94. The van der Waals surface area contributed by atoms with Gasteiger partial charge in [-0.2, -0.15) is 5.10 Å². The maximum atomic E-state index is 11.2. The minimum atomic E-state index is -0.0240. The zero-order chi connectivity index (χ0) is 10.9. The van der Waals surface area contributed by atoms with E-state index in [1.165, 1.54) is 0 Å². The molecular weight excluding hydrogens is 188 g/mol. The summed E-state index contributed by atoms with van der Waals surface area (Å²) >= 11 is 0. The van der Waals surface area contributed by atoms with E-state index in [9.17, 15) is 4.79 Å². The molecular formula is C12H16N2O. The van der Waals surface area contributed by atoms with E-state index in [2.05, 4.69) is 17.5 Å². The van der Waals surface area contributed by atoms with Gasteiger partial charge in [0.05, 0.1) is 6.21 Å². The third kappa shape index (κ3) is 4.96. The van der Waals surface area contributed by atoms with Crippen molar-refractivity contribution in [1.82, 2.24) is 5.43 Å². The van der Waals surface area contributed by atoms with Crippen molar-refractivity contribution in [3.63, 3.8) is 0 Å². The van der Waals surface area contributed by atoms with Crippen molar-refractivity contribution in [3.05, 3.63) is 35.9 Å². The van der Waals surface area contributed by atoms with E-state index < -0.39 is 0 Å². The zero-order valence-electron chi connectivity index (χ0n) is 8.94. The lowest BCUT2D eigenvalue weighted by Gasteiger charge is -1.97. The van der Waals surface area contributed by atoms with Crippen LogP contribution in [0.5, 0.6) is 0 Å². The van der Waals surface area contributed by atoms with Crippen LogP contribution in [0.3, 0.4) is 0 Å². The van der Waals surface area contributed by atoms with E-state index >= 15 is 0 Å². The van der Waals surface area contributed by atoms with Gasteiger partial charge in [0, 0.05) is 6.42 Å². The molecule has 3 heteroatoms. The largest absolute Gasteiger partial charge is 0.273 e. The molecule has 0 aliphatic carbocycles. The van der Waals surface area contributed by atoms with E-state index in [-0.39, 0.29) is 5.91 Å². The Morgan fingerprint density at radius 1 is 1.40 bits per heavy atom. The molecule has 0 saturated carbocycles. The molecule has 0 aliphatic rings. The molecule has 1 rings (SSSR count). The van der Waals surface area contributed by atoms with Crippen LogP contribution in [-0.4, -0.2) is 12.1 Å². The van der Waals surface area contributed by atoms with Gasteiger partial charge in [0.2, 0.25) is 5.91 Å². The fourth-order valence-corrected chi connectivity index (χ4v) is 1.11. The van der Waals surface area contributed by atoms with Gasteiger partial charge in [-0.05, 0) is 12.0 Å². The lowest BCUT2D eigenvalue weighted by molar-refractivity contribution is -0.121. The monoisotopic (exact) mass is 204 g/mol. The maximum Gasteiger partial charge on any atom is 0.240 e. The van der Waals surface area contributed by atoms with Crippen LogP contribution in [0, 0.1) is 0 Å². The Balaban J connectivity index is 2.31. The highest BCUT2D eigenvalue weighted by Crippen LogP contribution is 1.94. The second kappa shape index (κ2) is 6.76. The molecule has 0 atom stereocenters. The molecule has 0 spiro atoms. The Kier molecular flexibility index (Phi) is 5.15. The first kappa shape index (κ1) is 11.4. The van der Waals surface area contributed by atoms with Gasteiger partial charge in [-0.1, -0.05) is 43.7 Å². The summed E-state index contributed by atoms with van der Waals surface area (Å²) in [5.74, 6) is -0.0240. The quantitative estimate of drug-likeness (QED) is 0.580. The number of hydrazone groups is 1. The van der Waals surface area contributed by atoms with Crippen LogP contribution in [-0.2, 0) is 4.79 Å². The third-order valence-corrected chi connectivity index (χ3v) is 1.96. The first-order valence-corrected chi connectivity index (χ1v) is 5.20. The Labute approximate surface area is 90.2 Å². The summed E-state index contributed by atoms with van der Waals surface area (Å²) < 4.78 is 0. The SMILES string of the molecule is CCCCC(=O)N/N=C\c1ccccc1. The number of benzene rings is 1. The molecule has 3 nitrogen and oxygen atoms in total. The number of carbonyl (C=O) groups excluding carboxylic acids is 1. The van der Waals surface area contributed by atoms with Crippen LogP contribution in [0.2, 0.25) is 0 Å². The summed E-state index contributed by atoms with van der Waals surface area (Å²) in [7, 11) is 0. The molecule has 0 bridgehead atoms. The summed E-state index contributed by atoms with van der Waals surface area (Å²) in [6, 6.07) is 9.67. The predicted molar refractivity (Wildman–Crippen MR) is 61.7 cm³/mol. The smallest absolute Gasteiger partial charge is 0.240 e. The van der Waals surface area contributed by atoms with E-state index in [0.29, 0.717) is 6.42 Å². The average Bonchev–Trinajstić information content (AvgIpc) is 2.28. The van der Waals surface area contributed by atoms with Gasteiger partial charge in [-0.25, -0.2) is 5.43 Å². The number of hydrogen-bond donors (Lipinski definition) is 1. The second-order valence-electron chi connectivity index (χ2n) is 3.31. The predicted octanol–water partition coefficient (Wildman–Crippen LogP) is 2.33. The number of hydrogen-bond acceptors (Lipinski definition) is 2. The molecule has 1 N–H and O–H groups in total. The lowest BCUT2D eigenvalue weighted by Crippen LogP contribution is -2.16. The Bertz CT molecular complexity index is 320. The minimum absolute atomic E-state index is 0.0240. The first-order chi connectivity index (χ1) is 7.33. The number of nitrogens with zero attached hydrogens (tertiary/aromatic N) is 1. The number of nitrogens with one attached hydrogen (secondary N) is 1. The normalized spacial score (nSPS) is 10.5. The molecule has 0 aliphatic heterocycles. The van der Waals surface area contributed by atoms with Gasteiger partial charge in [0.25, 0.3) is 0 Å². The Morgan fingerprint density at radius 3 is 2.80 bits per heavy atom. The summed E-state index contributed by atoms with van der Waals surface area (Å²) in [6.07, 6.45) is 4.12. The van der Waals surface area contributed by atoms with Crippen molar-refractivity contribution in [2.45, 2.75) is 26.2 Å². The van der Waals surface area contributed by atoms with Crippen LogP contribution in [0.1, 0.15) is 31.7 Å². The van der Waals surface area contributed by atoms with Gasteiger partial charge < -0.3 is 0 Å². The number of rotatable bonds is 5. The molecule has 1 amide bonds. The van der Waals surface area contributed by atoms with Gasteiger partial charge in [-0.15, -0.1) is 0 Å². The van der Waals surface area contributed by atoms with Crippen molar-refractivity contribution in [2.24, 2.45) is 5.10 Å². The molecule has 1 aromatic rings. The number of unbranched alkanes of at least 4 members (excludes halogenated alkanes) is 1. The third-order valence-electron chi connectivity index (χ3n) is 1.96. The molecule has 80 valence electrons. The molecule has 0 fully saturated rings. The molecule has 1 aromatic carbocycles. The maximum absolute atomic E-state index is 11.2. The highest BCUT2D eigenvalue weighted by Gasteiger charge is 1.96. The first-order valence-electron chi connectivity index (χ1n) is 5.20. The van der Waals surface area contributed by atoms with Crippen molar-refractivity contribution in [3.8, 4) is 0 Å². The van der Waals surface area contributed by atoms with Crippen LogP contribution >= 0.6 is 0 Å². The summed E-state index contributed by atoms with van der Waals surface area (Å²) in [5.41, 5.74) is 3.48. The standard InChI is InChI=1S/C12H16N2O/c1-2-3-9-12(15)14-13-10-11-7-5-4-6-8-11/h4-8,10H,2-3,9H2,1H3,(H,14,15)/b13-10-. The van der Waals surface area contributed by atoms with Crippen LogP contribution in [0.4, 0.5) is 0 Å². The summed E-state index contributed by atoms with van der Waals surface area (Å²) in [6.45, 7) is 2.06. The van der Waals surface area contributed by atoms with Crippen molar-refractivity contribution in [1.29, 1.82) is 0 Å². The summed E-state index contributed by atoms with van der Waals surface area (Å²) in [5, 5.41) is 3.87. The topological polar surface area (TPSA) is 41.5 Å². The van der Waals surface area contributed by atoms with E-state index in [0.717, 1.165) is 18.4 Å².